The van der Waals surface area contributed by atoms with E-state index >= 15 is 0 Å². The van der Waals surface area contributed by atoms with Gasteiger partial charge in [-0.25, -0.2) is 4.79 Å². The molecular formula is C18H18ClNO5. The lowest BCUT2D eigenvalue weighted by molar-refractivity contribution is -0.155. The number of ether oxygens (including phenoxy) is 3. The molecule has 0 heterocycles. The van der Waals surface area contributed by atoms with Crippen LogP contribution in [0.4, 0.5) is 5.69 Å². The van der Waals surface area contributed by atoms with Crippen LogP contribution < -0.4 is 14.8 Å². The zero-order valence-electron chi connectivity index (χ0n) is 13.8. The summed E-state index contributed by atoms with van der Waals surface area (Å²) in [5.74, 6) is -0.00927. The van der Waals surface area contributed by atoms with Gasteiger partial charge in [0.15, 0.2) is 12.7 Å². The summed E-state index contributed by atoms with van der Waals surface area (Å²) in [7, 11) is 1.53. The van der Waals surface area contributed by atoms with Crippen molar-refractivity contribution in [1.29, 1.82) is 0 Å². The van der Waals surface area contributed by atoms with Crippen molar-refractivity contribution in [2.24, 2.45) is 0 Å². The van der Waals surface area contributed by atoms with Crippen LogP contribution >= 0.6 is 11.6 Å². The number of esters is 1. The maximum absolute atomic E-state index is 12.1. The molecule has 0 bridgehead atoms. The first-order valence-corrected chi connectivity index (χ1v) is 7.88. The highest BCUT2D eigenvalue weighted by molar-refractivity contribution is 6.30. The summed E-state index contributed by atoms with van der Waals surface area (Å²) in [6.45, 7) is 1.17. The summed E-state index contributed by atoms with van der Waals surface area (Å²) in [5, 5.41) is 3.22. The van der Waals surface area contributed by atoms with E-state index in [1.54, 1.807) is 48.5 Å². The van der Waals surface area contributed by atoms with Crippen molar-refractivity contribution in [3.05, 3.63) is 53.6 Å². The SMILES string of the molecule is COc1cccc(NC(=O)[C@H](C)OC(=O)COc2ccc(Cl)cc2)c1. The lowest BCUT2D eigenvalue weighted by atomic mass is 10.3. The highest BCUT2D eigenvalue weighted by Crippen LogP contribution is 2.17. The third-order valence-corrected chi connectivity index (χ3v) is 3.44. The van der Waals surface area contributed by atoms with Crippen molar-refractivity contribution in [3.63, 3.8) is 0 Å². The number of hydrogen-bond donors (Lipinski definition) is 1. The largest absolute Gasteiger partial charge is 0.497 e. The molecule has 0 unspecified atom stereocenters. The van der Waals surface area contributed by atoms with Gasteiger partial charge in [-0.1, -0.05) is 17.7 Å². The number of amides is 1. The Kier molecular flexibility index (Phi) is 6.65. The van der Waals surface area contributed by atoms with Gasteiger partial charge in [-0.05, 0) is 43.3 Å². The number of carbonyl (C=O) groups is 2. The second kappa shape index (κ2) is 8.94. The molecule has 0 fully saturated rings. The molecule has 0 aliphatic carbocycles. The first-order chi connectivity index (χ1) is 12.0. The highest BCUT2D eigenvalue weighted by Gasteiger charge is 2.18. The van der Waals surface area contributed by atoms with Gasteiger partial charge in [0, 0.05) is 16.8 Å². The molecule has 2 aromatic carbocycles. The molecule has 2 aromatic rings. The van der Waals surface area contributed by atoms with Gasteiger partial charge in [-0.15, -0.1) is 0 Å². The van der Waals surface area contributed by atoms with E-state index in [2.05, 4.69) is 5.32 Å². The maximum Gasteiger partial charge on any atom is 0.344 e. The van der Waals surface area contributed by atoms with Gasteiger partial charge in [-0.2, -0.15) is 0 Å². The van der Waals surface area contributed by atoms with Crippen LogP contribution in [0.15, 0.2) is 48.5 Å². The Bertz CT molecular complexity index is 733. The van der Waals surface area contributed by atoms with Crippen LogP contribution in [0, 0.1) is 0 Å². The van der Waals surface area contributed by atoms with Crippen LogP contribution in [0.5, 0.6) is 11.5 Å². The molecule has 0 aliphatic heterocycles. The topological polar surface area (TPSA) is 73.9 Å². The Hall–Kier alpha value is -2.73. The second-order valence-corrected chi connectivity index (χ2v) is 5.53. The Morgan fingerprint density at radius 3 is 2.52 bits per heavy atom. The van der Waals surface area contributed by atoms with Crippen LogP contribution in [0.3, 0.4) is 0 Å². The number of nitrogens with one attached hydrogen (secondary N) is 1. The molecule has 25 heavy (non-hydrogen) atoms. The lowest BCUT2D eigenvalue weighted by Crippen LogP contribution is -2.31. The summed E-state index contributed by atoms with van der Waals surface area (Å²) < 4.78 is 15.4. The number of anilines is 1. The standard InChI is InChI=1S/C18H18ClNO5/c1-12(18(22)20-14-4-3-5-16(10-14)23-2)25-17(21)11-24-15-8-6-13(19)7-9-15/h3-10,12H,11H2,1-2H3,(H,20,22)/t12-/m0/s1. The van der Waals surface area contributed by atoms with Gasteiger partial charge < -0.3 is 19.5 Å². The Morgan fingerprint density at radius 1 is 1.12 bits per heavy atom. The first-order valence-electron chi connectivity index (χ1n) is 7.50. The van der Waals surface area contributed by atoms with Crippen LogP contribution in [-0.2, 0) is 14.3 Å². The molecule has 1 amide bonds. The minimum absolute atomic E-state index is 0.307. The van der Waals surface area contributed by atoms with Crippen LogP contribution in [0.1, 0.15) is 6.92 Å². The van der Waals surface area contributed by atoms with E-state index in [9.17, 15) is 9.59 Å². The third kappa shape index (κ3) is 6.00. The zero-order chi connectivity index (χ0) is 18.2. The van der Waals surface area contributed by atoms with Crippen LogP contribution in [0.25, 0.3) is 0 Å². The van der Waals surface area contributed by atoms with Crippen LogP contribution in [-0.4, -0.2) is 31.7 Å². The fourth-order valence-electron chi connectivity index (χ4n) is 1.90. The highest BCUT2D eigenvalue weighted by atomic mass is 35.5. The van der Waals surface area contributed by atoms with E-state index in [0.717, 1.165) is 0 Å². The monoisotopic (exact) mass is 363 g/mol. The number of rotatable bonds is 7. The van der Waals surface area contributed by atoms with E-state index in [-0.39, 0.29) is 6.61 Å². The summed E-state index contributed by atoms with van der Waals surface area (Å²) in [6.07, 6.45) is -0.965. The fraction of sp³-hybridized carbons (Fsp3) is 0.222. The van der Waals surface area contributed by atoms with Crippen molar-refractivity contribution < 1.29 is 23.8 Å². The number of hydrogen-bond acceptors (Lipinski definition) is 5. The minimum Gasteiger partial charge on any atom is -0.497 e. The summed E-state index contributed by atoms with van der Waals surface area (Å²) in [6, 6.07) is 13.4. The first kappa shape index (κ1) is 18.6. The van der Waals surface area contributed by atoms with E-state index < -0.39 is 18.0 Å². The average molecular weight is 364 g/mol. The summed E-state index contributed by atoms with van der Waals surface area (Å²) in [5.41, 5.74) is 0.546. The molecule has 1 atom stereocenters. The van der Waals surface area contributed by atoms with Gasteiger partial charge >= 0.3 is 5.97 Å². The maximum atomic E-state index is 12.1. The molecular weight excluding hydrogens is 346 g/mol. The van der Waals surface area contributed by atoms with E-state index in [0.29, 0.717) is 22.2 Å². The van der Waals surface area contributed by atoms with Crippen molar-refractivity contribution in [3.8, 4) is 11.5 Å². The normalized spacial score (nSPS) is 11.3. The fourth-order valence-corrected chi connectivity index (χ4v) is 2.03. The van der Waals surface area contributed by atoms with Gasteiger partial charge in [0.25, 0.3) is 5.91 Å². The third-order valence-electron chi connectivity index (χ3n) is 3.19. The Labute approximate surface area is 150 Å². The van der Waals surface area contributed by atoms with Crippen molar-refractivity contribution >= 4 is 29.2 Å². The Balaban J connectivity index is 1.81. The van der Waals surface area contributed by atoms with E-state index in [1.807, 2.05) is 0 Å². The predicted molar refractivity (Wildman–Crippen MR) is 94.1 cm³/mol. The quantitative estimate of drug-likeness (QED) is 0.764. The minimum atomic E-state index is -0.965. The molecule has 0 saturated carbocycles. The van der Waals surface area contributed by atoms with E-state index in [4.69, 9.17) is 25.8 Å². The van der Waals surface area contributed by atoms with Crippen molar-refractivity contribution in [2.75, 3.05) is 19.0 Å². The number of benzene rings is 2. The smallest absolute Gasteiger partial charge is 0.344 e. The van der Waals surface area contributed by atoms with Gasteiger partial charge in [0.05, 0.1) is 7.11 Å². The molecule has 2 rings (SSSR count). The summed E-state index contributed by atoms with van der Waals surface area (Å²) in [4.78, 5) is 23.9. The Morgan fingerprint density at radius 2 is 1.84 bits per heavy atom. The molecule has 132 valence electrons. The molecule has 7 heteroatoms. The van der Waals surface area contributed by atoms with Gasteiger partial charge in [-0.3, -0.25) is 4.79 Å². The molecule has 1 N–H and O–H groups in total. The molecule has 0 spiro atoms. The summed E-state index contributed by atoms with van der Waals surface area (Å²) >= 11 is 5.76. The number of methoxy groups -OCH3 is 1. The molecule has 6 nitrogen and oxygen atoms in total. The molecule has 0 saturated heterocycles. The molecule has 0 radical (unpaired) electrons. The molecule has 0 aromatic heterocycles. The van der Waals surface area contributed by atoms with Gasteiger partial charge in [0.1, 0.15) is 11.5 Å². The lowest BCUT2D eigenvalue weighted by Gasteiger charge is -2.14. The predicted octanol–water partition coefficient (Wildman–Crippen LogP) is 3.30. The van der Waals surface area contributed by atoms with Gasteiger partial charge in [0.2, 0.25) is 0 Å². The van der Waals surface area contributed by atoms with E-state index in [1.165, 1.54) is 14.0 Å². The second-order valence-electron chi connectivity index (χ2n) is 5.10. The van der Waals surface area contributed by atoms with Crippen LogP contribution in [0.2, 0.25) is 5.02 Å². The zero-order valence-corrected chi connectivity index (χ0v) is 14.6. The number of carbonyl (C=O) groups excluding carboxylic acids is 2. The number of halogens is 1. The van der Waals surface area contributed by atoms with Crippen molar-refractivity contribution in [1.82, 2.24) is 0 Å². The van der Waals surface area contributed by atoms with Crippen molar-refractivity contribution in [2.45, 2.75) is 13.0 Å². The molecule has 0 aliphatic rings. The average Bonchev–Trinajstić information content (AvgIpc) is 2.61.